The van der Waals surface area contributed by atoms with E-state index in [0.29, 0.717) is 5.75 Å². The maximum Gasteiger partial charge on any atom is 0.322 e. The van der Waals surface area contributed by atoms with Crippen LogP contribution in [0.1, 0.15) is 5.69 Å². The van der Waals surface area contributed by atoms with Gasteiger partial charge in [0, 0.05) is 18.3 Å². The summed E-state index contributed by atoms with van der Waals surface area (Å²) < 4.78 is 5.31. The molecule has 96 valence electrons. The summed E-state index contributed by atoms with van der Waals surface area (Å²) in [5.41, 5.74) is 5.50. The summed E-state index contributed by atoms with van der Waals surface area (Å²) >= 11 is 0. The summed E-state index contributed by atoms with van der Waals surface area (Å²) in [5, 5.41) is 17.7. The molecule has 0 aliphatic carbocycles. The second kappa shape index (κ2) is 5.08. The van der Waals surface area contributed by atoms with Gasteiger partial charge in [0.1, 0.15) is 17.3 Å². The van der Waals surface area contributed by atoms with Gasteiger partial charge in [-0.3, -0.25) is 15.5 Å². The second-order valence-corrected chi connectivity index (χ2v) is 3.49. The zero-order valence-electron chi connectivity index (χ0n) is 9.61. The average molecular weight is 259 g/mol. The predicted molar refractivity (Wildman–Crippen MR) is 66.2 cm³/mol. The zero-order chi connectivity index (χ0) is 13.8. The summed E-state index contributed by atoms with van der Waals surface area (Å²) in [6.45, 7) is 0. The molecule has 0 atom stereocenters. The lowest BCUT2D eigenvalue weighted by Crippen LogP contribution is -2.13. The van der Waals surface area contributed by atoms with E-state index >= 15 is 0 Å². The Labute approximate surface area is 107 Å². The number of non-ortho nitro benzene ring substituents is 1. The van der Waals surface area contributed by atoms with Crippen LogP contribution in [0, 0.1) is 15.5 Å². The van der Waals surface area contributed by atoms with E-state index in [1.54, 1.807) is 0 Å². The lowest BCUT2D eigenvalue weighted by Gasteiger charge is -2.04. The number of nitrogens with two attached hydrogens (primary N) is 1. The van der Waals surface area contributed by atoms with Crippen molar-refractivity contribution in [2.24, 2.45) is 5.73 Å². The quantitative estimate of drug-likeness (QED) is 0.370. The van der Waals surface area contributed by atoms with Gasteiger partial charge in [-0.1, -0.05) is 0 Å². The Bertz CT molecular complexity index is 626. The Hall–Kier alpha value is -3.03. The first-order chi connectivity index (χ1) is 9.06. The number of nitro benzene ring substituents is 1. The van der Waals surface area contributed by atoms with Crippen molar-refractivity contribution in [3.8, 4) is 11.8 Å². The number of nitro groups is 1. The zero-order valence-corrected chi connectivity index (χ0v) is 9.61. The highest BCUT2D eigenvalue weighted by molar-refractivity contribution is 5.92. The minimum atomic E-state index is -0.503. The Balaban J connectivity index is 2.19. The van der Waals surface area contributed by atoms with E-state index in [-0.39, 0.29) is 23.2 Å². The van der Waals surface area contributed by atoms with Crippen molar-refractivity contribution in [3.05, 3.63) is 52.3 Å². The molecule has 0 spiro atoms. The van der Waals surface area contributed by atoms with Crippen LogP contribution in [0.15, 0.2) is 36.5 Å². The monoisotopic (exact) mass is 259 g/mol. The van der Waals surface area contributed by atoms with Gasteiger partial charge in [-0.25, -0.2) is 4.98 Å². The first-order valence-corrected chi connectivity index (χ1v) is 5.16. The van der Waals surface area contributed by atoms with Gasteiger partial charge in [-0.15, -0.1) is 0 Å². The summed E-state index contributed by atoms with van der Waals surface area (Å²) in [7, 11) is 0. The SMILES string of the molecule is N=C(N)c1ccnc(Oc2ccc([N+](=O)[O-])cc2)n1. The number of rotatable bonds is 4. The van der Waals surface area contributed by atoms with Gasteiger partial charge in [0.2, 0.25) is 0 Å². The first-order valence-electron chi connectivity index (χ1n) is 5.16. The molecule has 0 radical (unpaired) electrons. The average Bonchev–Trinajstić information content (AvgIpc) is 2.39. The standard InChI is InChI=1S/C11H9N5O3/c12-10(13)9-5-6-14-11(15-9)19-8-3-1-7(2-4-8)16(17)18/h1-6H,(H3,12,13). The van der Waals surface area contributed by atoms with Crippen LogP contribution in [0.25, 0.3) is 0 Å². The summed E-state index contributed by atoms with van der Waals surface area (Å²) in [6.07, 6.45) is 1.41. The Morgan fingerprint density at radius 1 is 1.32 bits per heavy atom. The Morgan fingerprint density at radius 3 is 2.58 bits per heavy atom. The van der Waals surface area contributed by atoms with Gasteiger partial charge in [0.15, 0.2) is 0 Å². The van der Waals surface area contributed by atoms with E-state index in [4.69, 9.17) is 15.9 Å². The molecule has 0 aliphatic heterocycles. The number of nitrogens with one attached hydrogen (secondary N) is 1. The number of nitrogen functional groups attached to an aromatic ring is 1. The van der Waals surface area contributed by atoms with Crippen LogP contribution >= 0.6 is 0 Å². The normalized spacial score (nSPS) is 9.89. The number of aromatic nitrogens is 2. The van der Waals surface area contributed by atoms with E-state index in [1.807, 2.05) is 0 Å². The van der Waals surface area contributed by atoms with Crippen LogP contribution in [-0.2, 0) is 0 Å². The van der Waals surface area contributed by atoms with Gasteiger partial charge in [-0.2, -0.15) is 4.98 Å². The van der Waals surface area contributed by atoms with Crippen molar-refractivity contribution in [2.75, 3.05) is 0 Å². The fourth-order valence-corrected chi connectivity index (χ4v) is 1.28. The molecule has 2 aromatic rings. The fourth-order valence-electron chi connectivity index (χ4n) is 1.28. The molecule has 1 aromatic carbocycles. The van der Waals surface area contributed by atoms with Crippen LogP contribution in [0.3, 0.4) is 0 Å². The van der Waals surface area contributed by atoms with E-state index in [0.717, 1.165) is 0 Å². The highest BCUT2D eigenvalue weighted by Gasteiger charge is 2.07. The van der Waals surface area contributed by atoms with Crippen molar-refractivity contribution in [2.45, 2.75) is 0 Å². The number of hydrogen-bond acceptors (Lipinski definition) is 6. The smallest absolute Gasteiger partial charge is 0.322 e. The molecule has 0 aliphatic rings. The molecule has 0 fully saturated rings. The van der Waals surface area contributed by atoms with Crippen molar-refractivity contribution < 1.29 is 9.66 Å². The summed E-state index contributed by atoms with van der Waals surface area (Å²) in [6, 6.07) is 6.98. The minimum absolute atomic E-state index is 0.0153. The van der Waals surface area contributed by atoms with Crippen LogP contribution < -0.4 is 10.5 Å². The van der Waals surface area contributed by atoms with E-state index in [1.165, 1.54) is 36.5 Å². The molecule has 3 N–H and O–H groups in total. The van der Waals surface area contributed by atoms with Gasteiger partial charge in [-0.05, 0) is 18.2 Å². The van der Waals surface area contributed by atoms with Gasteiger partial charge < -0.3 is 10.5 Å². The molecular weight excluding hydrogens is 250 g/mol. The third kappa shape index (κ3) is 3.00. The molecule has 0 amide bonds. The first kappa shape index (κ1) is 12.4. The maximum absolute atomic E-state index is 10.5. The molecule has 0 bridgehead atoms. The highest BCUT2D eigenvalue weighted by Crippen LogP contribution is 2.21. The van der Waals surface area contributed by atoms with E-state index in [9.17, 15) is 10.1 Å². The lowest BCUT2D eigenvalue weighted by molar-refractivity contribution is -0.384. The number of benzene rings is 1. The highest BCUT2D eigenvalue weighted by atomic mass is 16.6. The Kier molecular flexibility index (Phi) is 3.33. The third-order valence-electron chi connectivity index (χ3n) is 2.17. The predicted octanol–water partition coefficient (Wildman–Crippen LogP) is 1.46. The molecule has 0 saturated carbocycles. The summed E-state index contributed by atoms with van der Waals surface area (Å²) in [5.74, 6) is 0.155. The molecule has 19 heavy (non-hydrogen) atoms. The van der Waals surface area contributed by atoms with Gasteiger partial charge >= 0.3 is 6.01 Å². The molecule has 2 rings (SSSR count). The van der Waals surface area contributed by atoms with Crippen molar-refractivity contribution in [1.82, 2.24) is 9.97 Å². The van der Waals surface area contributed by atoms with E-state index < -0.39 is 4.92 Å². The molecular formula is C11H9N5O3. The molecule has 1 aromatic heterocycles. The van der Waals surface area contributed by atoms with Crippen molar-refractivity contribution in [3.63, 3.8) is 0 Å². The molecule has 8 nitrogen and oxygen atoms in total. The van der Waals surface area contributed by atoms with Gasteiger partial charge in [0.05, 0.1) is 4.92 Å². The van der Waals surface area contributed by atoms with E-state index in [2.05, 4.69) is 9.97 Å². The van der Waals surface area contributed by atoms with Crippen molar-refractivity contribution >= 4 is 11.5 Å². The molecule has 8 heteroatoms. The number of ether oxygens (including phenoxy) is 1. The number of amidine groups is 1. The van der Waals surface area contributed by atoms with Crippen LogP contribution in [0.2, 0.25) is 0 Å². The Morgan fingerprint density at radius 2 is 2.00 bits per heavy atom. The number of nitrogens with zero attached hydrogens (tertiary/aromatic N) is 3. The minimum Gasteiger partial charge on any atom is -0.424 e. The second-order valence-electron chi connectivity index (χ2n) is 3.49. The van der Waals surface area contributed by atoms with Gasteiger partial charge in [0.25, 0.3) is 5.69 Å². The fraction of sp³-hybridized carbons (Fsp3) is 0. The molecule has 0 unspecified atom stereocenters. The number of hydrogen-bond donors (Lipinski definition) is 2. The molecule has 0 saturated heterocycles. The third-order valence-corrected chi connectivity index (χ3v) is 2.17. The summed E-state index contributed by atoms with van der Waals surface area (Å²) in [4.78, 5) is 17.8. The van der Waals surface area contributed by atoms with Crippen LogP contribution in [0.4, 0.5) is 5.69 Å². The maximum atomic E-state index is 10.5. The van der Waals surface area contributed by atoms with Crippen molar-refractivity contribution in [1.29, 1.82) is 5.41 Å². The topological polar surface area (TPSA) is 128 Å². The van der Waals surface area contributed by atoms with Crippen LogP contribution in [-0.4, -0.2) is 20.7 Å². The van der Waals surface area contributed by atoms with Crippen LogP contribution in [0.5, 0.6) is 11.8 Å². The largest absolute Gasteiger partial charge is 0.424 e. The molecule has 1 heterocycles. The lowest BCUT2D eigenvalue weighted by atomic mass is 10.3.